The number of nitrogen functional groups attached to an aromatic ring is 1. The summed E-state index contributed by atoms with van der Waals surface area (Å²) in [7, 11) is 0. The third-order valence-corrected chi connectivity index (χ3v) is 8.41. The van der Waals surface area contributed by atoms with Gasteiger partial charge in [0.15, 0.2) is 0 Å². The van der Waals surface area contributed by atoms with Gasteiger partial charge in [-0.25, -0.2) is 9.97 Å². The highest BCUT2D eigenvalue weighted by Crippen LogP contribution is 2.40. The van der Waals surface area contributed by atoms with Crippen molar-refractivity contribution in [3.63, 3.8) is 0 Å². The van der Waals surface area contributed by atoms with Gasteiger partial charge in [-0.05, 0) is 61.9 Å². The van der Waals surface area contributed by atoms with Crippen LogP contribution in [0.4, 0.5) is 5.82 Å². The Morgan fingerprint density at radius 2 is 1.61 bits per heavy atom. The molecule has 3 aliphatic rings. The van der Waals surface area contributed by atoms with Crippen molar-refractivity contribution in [2.75, 3.05) is 18.8 Å². The summed E-state index contributed by atoms with van der Waals surface area (Å²) in [5.41, 5.74) is 9.52. The molecule has 0 amide bonds. The predicted octanol–water partition coefficient (Wildman–Crippen LogP) is 5.00. The van der Waals surface area contributed by atoms with Crippen molar-refractivity contribution in [2.24, 2.45) is 0 Å². The summed E-state index contributed by atoms with van der Waals surface area (Å²) in [5.74, 6) is 2.17. The first-order valence-corrected chi connectivity index (χ1v) is 13.2. The summed E-state index contributed by atoms with van der Waals surface area (Å²) in [6, 6.07) is 20.7. The number of piperazine rings is 1. The fraction of sp³-hybridized carbons (Fsp3) is 0.379. The van der Waals surface area contributed by atoms with E-state index < -0.39 is 0 Å². The maximum atomic E-state index is 6.41. The molecule has 184 valence electrons. The molecule has 1 aliphatic carbocycles. The molecule has 2 aromatic carbocycles. The minimum atomic E-state index is 0.436. The van der Waals surface area contributed by atoms with E-state index >= 15 is 0 Å². The number of benzene rings is 2. The lowest BCUT2D eigenvalue weighted by atomic mass is 9.89. The molecule has 0 spiro atoms. The zero-order valence-electron chi connectivity index (χ0n) is 20.4. The maximum absolute atomic E-state index is 6.41. The number of nitrogens with two attached hydrogens (primary N) is 1. The minimum absolute atomic E-state index is 0.436. The number of rotatable bonds is 5. The number of fused-ring (bicyclic) bond motifs is 3. The molecule has 7 nitrogen and oxygen atoms in total. The summed E-state index contributed by atoms with van der Waals surface area (Å²) in [6.07, 6.45) is 10.00. The second-order valence-corrected chi connectivity index (χ2v) is 10.5. The van der Waals surface area contributed by atoms with E-state index in [1.807, 2.05) is 42.5 Å². The SMILES string of the molecule is Nc1ncnc2c1c(-c1ccc(Oc3ccccc3)cc1)cn2C1CCC(N2C[C@H]3C[C@@H]2CN3)CC1. The Labute approximate surface area is 211 Å². The molecule has 7 rings (SSSR count). The monoisotopic (exact) mass is 480 g/mol. The standard InChI is InChI=1S/C29H32N6O/c30-28-27-26(19-6-12-25(13-7-19)36-24-4-2-1-3-5-24)17-35(29(27)33-18-32-28)22-10-8-21(9-11-22)34-16-20-14-23(34)15-31-20/h1-7,12-13,17-18,20-23,31H,8-11,14-16H2,(H2,30,32,33)/t20-,21?,22?,23-/m1/s1. The molecule has 2 saturated heterocycles. The van der Waals surface area contributed by atoms with Crippen molar-refractivity contribution in [2.45, 2.75) is 56.3 Å². The van der Waals surface area contributed by atoms with Crippen LogP contribution in [-0.4, -0.2) is 50.7 Å². The first-order chi connectivity index (χ1) is 17.7. The van der Waals surface area contributed by atoms with E-state index in [-0.39, 0.29) is 0 Å². The van der Waals surface area contributed by atoms with Gasteiger partial charge in [0, 0.05) is 49.0 Å². The van der Waals surface area contributed by atoms with Gasteiger partial charge in [-0.2, -0.15) is 0 Å². The third-order valence-electron chi connectivity index (χ3n) is 8.41. The smallest absolute Gasteiger partial charge is 0.146 e. The lowest BCUT2D eigenvalue weighted by Crippen LogP contribution is -2.49. The van der Waals surface area contributed by atoms with Crippen LogP contribution >= 0.6 is 0 Å². The number of para-hydroxylation sites is 1. The van der Waals surface area contributed by atoms with Gasteiger partial charge in [0.2, 0.25) is 0 Å². The van der Waals surface area contributed by atoms with E-state index in [0.717, 1.165) is 45.7 Å². The zero-order chi connectivity index (χ0) is 24.1. The lowest BCUT2D eigenvalue weighted by molar-refractivity contribution is 0.113. The molecule has 2 atom stereocenters. The van der Waals surface area contributed by atoms with Crippen LogP contribution in [0.3, 0.4) is 0 Å². The highest BCUT2D eigenvalue weighted by atomic mass is 16.5. The molecule has 0 unspecified atom stereocenters. The normalized spacial score (nSPS) is 26.0. The predicted molar refractivity (Wildman–Crippen MR) is 142 cm³/mol. The molecule has 3 fully saturated rings. The van der Waals surface area contributed by atoms with Gasteiger partial charge in [0.1, 0.15) is 29.3 Å². The highest BCUT2D eigenvalue weighted by Gasteiger charge is 2.41. The van der Waals surface area contributed by atoms with Crippen LogP contribution in [-0.2, 0) is 0 Å². The third kappa shape index (κ3) is 3.83. The van der Waals surface area contributed by atoms with Gasteiger partial charge in [-0.1, -0.05) is 30.3 Å². The highest BCUT2D eigenvalue weighted by molar-refractivity contribution is 6.00. The Morgan fingerprint density at radius 3 is 2.33 bits per heavy atom. The summed E-state index contributed by atoms with van der Waals surface area (Å²) in [5, 5.41) is 4.58. The Kier molecular flexibility index (Phi) is 5.40. The van der Waals surface area contributed by atoms with Gasteiger partial charge < -0.3 is 20.4 Å². The molecule has 0 radical (unpaired) electrons. The lowest BCUT2D eigenvalue weighted by Gasteiger charge is -2.39. The Morgan fingerprint density at radius 1 is 0.861 bits per heavy atom. The van der Waals surface area contributed by atoms with Crippen molar-refractivity contribution in [3.8, 4) is 22.6 Å². The summed E-state index contributed by atoms with van der Waals surface area (Å²) in [4.78, 5) is 11.8. The second kappa shape index (κ2) is 8.91. The molecule has 3 N–H and O–H groups in total. The molecule has 2 bridgehead atoms. The number of hydrogen-bond donors (Lipinski definition) is 2. The number of anilines is 1. The van der Waals surface area contributed by atoms with Crippen LogP contribution in [0.15, 0.2) is 67.1 Å². The first-order valence-electron chi connectivity index (χ1n) is 13.2. The zero-order valence-corrected chi connectivity index (χ0v) is 20.4. The van der Waals surface area contributed by atoms with Gasteiger partial charge in [0.05, 0.1) is 5.39 Å². The van der Waals surface area contributed by atoms with Crippen molar-refractivity contribution in [3.05, 3.63) is 67.1 Å². The number of aromatic nitrogens is 3. The fourth-order valence-electron chi connectivity index (χ4n) is 6.64. The van der Waals surface area contributed by atoms with E-state index in [9.17, 15) is 0 Å². The van der Waals surface area contributed by atoms with Crippen LogP contribution in [0, 0.1) is 0 Å². The van der Waals surface area contributed by atoms with Crippen molar-refractivity contribution >= 4 is 16.9 Å². The molecule has 36 heavy (non-hydrogen) atoms. The largest absolute Gasteiger partial charge is 0.457 e. The molecule has 1 saturated carbocycles. The van der Waals surface area contributed by atoms with Crippen molar-refractivity contribution in [1.29, 1.82) is 0 Å². The Balaban J connectivity index is 1.14. The van der Waals surface area contributed by atoms with E-state index in [1.54, 1.807) is 6.33 Å². The van der Waals surface area contributed by atoms with Gasteiger partial charge in [0.25, 0.3) is 0 Å². The average Bonchev–Trinajstić information content (AvgIpc) is 3.65. The number of ether oxygens (including phenoxy) is 1. The first kappa shape index (κ1) is 21.8. The molecule has 7 heteroatoms. The molecule has 2 aromatic heterocycles. The van der Waals surface area contributed by atoms with E-state index in [1.165, 1.54) is 45.2 Å². The summed E-state index contributed by atoms with van der Waals surface area (Å²) >= 11 is 0. The molecule has 2 aliphatic heterocycles. The van der Waals surface area contributed by atoms with Crippen molar-refractivity contribution < 1.29 is 4.74 Å². The second-order valence-electron chi connectivity index (χ2n) is 10.5. The number of hydrogen-bond acceptors (Lipinski definition) is 6. The van der Waals surface area contributed by atoms with E-state index in [0.29, 0.717) is 17.9 Å². The van der Waals surface area contributed by atoms with Gasteiger partial charge in [-0.3, -0.25) is 4.90 Å². The molecule has 4 aromatic rings. The molecule has 4 heterocycles. The van der Waals surface area contributed by atoms with Crippen LogP contribution < -0.4 is 15.8 Å². The quantitative estimate of drug-likeness (QED) is 0.418. The van der Waals surface area contributed by atoms with Crippen LogP contribution in [0.1, 0.15) is 38.1 Å². The van der Waals surface area contributed by atoms with Crippen molar-refractivity contribution in [1.82, 2.24) is 24.8 Å². The summed E-state index contributed by atoms with van der Waals surface area (Å²) < 4.78 is 8.35. The Hall–Kier alpha value is -3.42. The average molecular weight is 481 g/mol. The maximum Gasteiger partial charge on any atom is 0.146 e. The van der Waals surface area contributed by atoms with Gasteiger partial charge >= 0.3 is 0 Å². The Bertz CT molecular complexity index is 1360. The molecular formula is C29H32N6O. The number of nitrogens with one attached hydrogen (secondary N) is 1. The van der Waals surface area contributed by atoms with E-state index in [4.69, 9.17) is 15.5 Å². The fourth-order valence-corrected chi connectivity index (χ4v) is 6.64. The molecular weight excluding hydrogens is 448 g/mol. The summed E-state index contributed by atoms with van der Waals surface area (Å²) in [6.45, 7) is 2.39. The van der Waals surface area contributed by atoms with Crippen LogP contribution in [0.2, 0.25) is 0 Å². The topological polar surface area (TPSA) is 81.2 Å². The van der Waals surface area contributed by atoms with Crippen LogP contribution in [0.5, 0.6) is 11.5 Å². The van der Waals surface area contributed by atoms with Gasteiger partial charge in [-0.15, -0.1) is 0 Å². The van der Waals surface area contributed by atoms with E-state index in [2.05, 4.69) is 38.1 Å². The van der Waals surface area contributed by atoms with Crippen LogP contribution in [0.25, 0.3) is 22.2 Å². The number of likely N-dealkylation sites (tertiary alicyclic amines) is 1. The number of nitrogens with zero attached hydrogens (tertiary/aromatic N) is 4. The minimum Gasteiger partial charge on any atom is -0.457 e.